The molecule has 0 aromatic heterocycles. The molecule has 2 rings (SSSR count). The Balaban J connectivity index is 2.53. The molecule has 0 atom stereocenters. The number of hydrogen-bond donors (Lipinski definition) is 1. The largest absolute Gasteiger partial charge is 0.384 e. The summed E-state index contributed by atoms with van der Waals surface area (Å²) in [4.78, 5) is 25.6. The van der Waals surface area contributed by atoms with E-state index in [0.29, 0.717) is 16.3 Å². The predicted molar refractivity (Wildman–Crippen MR) is 76.3 cm³/mol. The molecule has 0 radical (unpaired) electrons. The number of benzene rings is 1. The first-order valence-electron chi connectivity index (χ1n) is 6.13. The number of rotatable bonds is 1. The number of hydrogen-bond acceptors (Lipinski definition) is 3. The van der Waals surface area contributed by atoms with Crippen molar-refractivity contribution in [2.45, 2.75) is 20.3 Å². The summed E-state index contributed by atoms with van der Waals surface area (Å²) in [5.74, 6) is 4.71. The van der Waals surface area contributed by atoms with Crippen LogP contribution in [-0.2, 0) is 9.59 Å². The molecule has 1 aliphatic rings. The lowest BCUT2D eigenvalue weighted by molar-refractivity contribution is -0.124. The van der Waals surface area contributed by atoms with Gasteiger partial charge < -0.3 is 5.11 Å². The Morgan fingerprint density at radius 1 is 1.40 bits per heavy atom. The van der Waals surface area contributed by atoms with Crippen LogP contribution in [0.15, 0.2) is 18.2 Å². The second kappa shape index (κ2) is 5.28. The van der Waals surface area contributed by atoms with Crippen LogP contribution in [0.1, 0.15) is 25.8 Å². The number of aliphatic hydroxyl groups excluding tert-OH is 1. The molecule has 4 nitrogen and oxygen atoms in total. The predicted octanol–water partition coefficient (Wildman–Crippen LogP) is 1.97. The van der Waals surface area contributed by atoms with Crippen LogP contribution in [0.3, 0.4) is 0 Å². The molecule has 1 heterocycles. The van der Waals surface area contributed by atoms with Crippen molar-refractivity contribution in [2.24, 2.45) is 5.41 Å². The zero-order valence-corrected chi connectivity index (χ0v) is 12.0. The molecule has 1 aromatic rings. The Morgan fingerprint density at radius 2 is 2.10 bits per heavy atom. The fourth-order valence-corrected chi connectivity index (χ4v) is 2.30. The molecule has 1 aromatic carbocycles. The Kier molecular flexibility index (Phi) is 3.85. The van der Waals surface area contributed by atoms with Crippen LogP contribution in [0.4, 0.5) is 5.69 Å². The van der Waals surface area contributed by atoms with Crippen molar-refractivity contribution < 1.29 is 14.7 Å². The van der Waals surface area contributed by atoms with Gasteiger partial charge in [-0.3, -0.25) is 9.59 Å². The average molecular weight is 292 g/mol. The summed E-state index contributed by atoms with van der Waals surface area (Å²) in [6, 6.07) is 4.78. The van der Waals surface area contributed by atoms with Gasteiger partial charge in [-0.25, -0.2) is 4.90 Å². The van der Waals surface area contributed by atoms with Gasteiger partial charge in [-0.15, -0.1) is 0 Å². The summed E-state index contributed by atoms with van der Waals surface area (Å²) in [5.41, 5.74) is 0.153. The number of halogens is 1. The van der Waals surface area contributed by atoms with Crippen molar-refractivity contribution in [3.05, 3.63) is 28.8 Å². The molecule has 0 aliphatic carbocycles. The highest BCUT2D eigenvalue weighted by Crippen LogP contribution is 2.36. The van der Waals surface area contributed by atoms with Gasteiger partial charge in [0.1, 0.15) is 6.61 Å². The summed E-state index contributed by atoms with van der Waals surface area (Å²) in [5, 5.41) is 9.24. The van der Waals surface area contributed by atoms with Crippen LogP contribution in [0, 0.1) is 17.3 Å². The van der Waals surface area contributed by atoms with Crippen molar-refractivity contribution in [3.63, 3.8) is 0 Å². The minimum atomic E-state index is -0.710. The van der Waals surface area contributed by atoms with E-state index >= 15 is 0 Å². The first kappa shape index (κ1) is 14.6. The molecule has 0 bridgehead atoms. The topological polar surface area (TPSA) is 57.6 Å². The Bertz CT molecular complexity index is 640. The summed E-state index contributed by atoms with van der Waals surface area (Å²) in [7, 11) is 0. The zero-order valence-electron chi connectivity index (χ0n) is 11.2. The second-order valence-corrected chi connectivity index (χ2v) is 5.65. The first-order chi connectivity index (χ1) is 9.36. The highest BCUT2D eigenvalue weighted by Gasteiger charge is 2.46. The molecule has 1 saturated heterocycles. The summed E-state index contributed by atoms with van der Waals surface area (Å²) in [6.45, 7) is 3.17. The number of nitrogens with zero attached hydrogens (tertiary/aromatic N) is 1. The van der Waals surface area contributed by atoms with E-state index in [1.807, 2.05) is 0 Å². The number of aliphatic hydroxyl groups is 1. The molecule has 1 aliphatic heterocycles. The van der Waals surface area contributed by atoms with Crippen LogP contribution in [0.2, 0.25) is 5.02 Å². The number of carbonyl (C=O) groups excluding carboxylic acids is 2. The molecule has 1 N–H and O–H groups in total. The molecule has 104 valence electrons. The van der Waals surface area contributed by atoms with E-state index in [1.165, 1.54) is 0 Å². The van der Waals surface area contributed by atoms with Gasteiger partial charge >= 0.3 is 0 Å². The van der Waals surface area contributed by atoms with E-state index in [1.54, 1.807) is 32.0 Å². The molecule has 0 spiro atoms. The van der Waals surface area contributed by atoms with Gasteiger partial charge in [-0.2, -0.15) is 0 Å². The van der Waals surface area contributed by atoms with E-state index in [9.17, 15) is 9.59 Å². The van der Waals surface area contributed by atoms with Gasteiger partial charge in [0.05, 0.1) is 16.7 Å². The smallest absolute Gasteiger partial charge is 0.239 e. The monoisotopic (exact) mass is 291 g/mol. The lowest BCUT2D eigenvalue weighted by Crippen LogP contribution is -2.33. The van der Waals surface area contributed by atoms with Crippen molar-refractivity contribution in [1.82, 2.24) is 0 Å². The Hall–Kier alpha value is -1.83. The molecule has 0 saturated carbocycles. The van der Waals surface area contributed by atoms with Crippen molar-refractivity contribution in [1.29, 1.82) is 0 Å². The molecule has 1 fully saturated rings. The van der Waals surface area contributed by atoms with Gasteiger partial charge in [-0.05, 0) is 18.2 Å². The number of amides is 2. The van der Waals surface area contributed by atoms with E-state index < -0.39 is 5.41 Å². The fraction of sp³-hybridized carbons (Fsp3) is 0.333. The van der Waals surface area contributed by atoms with Crippen LogP contribution in [0.5, 0.6) is 0 Å². The van der Waals surface area contributed by atoms with Gasteiger partial charge in [0, 0.05) is 11.4 Å². The first-order valence-corrected chi connectivity index (χ1v) is 6.51. The molecule has 0 unspecified atom stereocenters. The number of imide groups is 1. The van der Waals surface area contributed by atoms with E-state index in [0.717, 1.165) is 4.90 Å². The zero-order chi connectivity index (χ0) is 14.9. The van der Waals surface area contributed by atoms with E-state index in [-0.39, 0.29) is 24.8 Å². The van der Waals surface area contributed by atoms with Gasteiger partial charge in [0.25, 0.3) is 0 Å². The minimum Gasteiger partial charge on any atom is -0.384 e. The Morgan fingerprint density at radius 3 is 2.65 bits per heavy atom. The lowest BCUT2D eigenvalue weighted by Gasteiger charge is -2.19. The highest BCUT2D eigenvalue weighted by molar-refractivity contribution is 6.31. The quantitative estimate of drug-likeness (QED) is 0.636. The number of carbonyl (C=O) groups is 2. The maximum Gasteiger partial charge on any atom is 0.239 e. The standard InChI is InChI=1S/C15H14ClNO3/c1-15(2)9-13(19)17(14(15)20)12-6-5-11(16)8-10(12)4-3-7-18/h5-6,8,18H,7,9H2,1-2H3. The summed E-state index contributed by atoms with van der Waals surface area (Å²) in [6.07, 6.45) is 0.168. The van der Waals surface area contributed by atoms with Crippen LogP contribution in [0.25, 0.3) is 0 Å². The van der Waals surface area contributed by atoms with Gasteiger partial charge in [-0.1, -0.05) is 37.3 Å². The molecule has 2 amide bonds. The minimum absolute atomic E-state index is 0.168. The fourth-order valence-electron chi connectivity index (χ4n) is 2.13. The van der Waals surface area contributed by atoms with Gasteiger partial charge in [0.2, 0.25) is 11.8 Å². The third-order valence-corrected chi connectivity index (χ3v) is 3.36. The van der Waals surface area contributed by atoms with Crippen LogP contribution >= 0.6 is 11.6 Å². The summed E-state index contributed by atoms with van der Waals surface area (Å²) < 4.78 is 0. The SMILES string of the molecule is CC1(C)CC(=O)N(c2ccc(Cl)cc2C#CCO)C1=O. The molecule has 5 heteroatoms. The third kappa shape index (κ3) is 2.55. The molecular formula is C15H14ClNO3. The average Bonchev–Trinajstić information content (AvgIpc) is 2.57. The maximum atomic E-state index is 12.3. The highest BCUT2D eigenvalue weighted by atomic mass is 35.5. The van der Waals surface area contributed by atoms with E-state index in [2.05, 4.69) is 11.8 Å². The van der Waals surface area contributed by atoms with Crippen molar-refractivity contribution >= 4 is 29.1 Å². The lowest BCUT2D eigenvalue weighted by atomic mass is 9.92. The number of anilines is 1. The molecule has 20 heavy (non-hydrogen) atoms. The van der Waals surface area contributed by atoms with Crippen molar-refractivity contribution in [2.75, 3.05) is 11.5 Å². The Labute approximate surface area is 122 Å². The molecular weight excluding hydrogens is 278 g/mol. The van der Waals surface area contributed by atoms with Crippen LogP contribution in [-0.4, -0.2) is 23.5 Å². The normalized spacial score (nSPS) is 17.1. The second-order valence-electron chi connectivity index (χ2n) is 5.22. The van der Waals surface area contributed by atoms with Crippen molar-refractivity contribution in [3.8, 4) is 11.8 Å². The van der Waals surface area contributed by atoms with Crippen LogP contribution < -0.4 is 4.90 Å². The maximum absolute atomic E-state index is 12.3. The van der Waals surface area contributed by atoms with E-state index in [4.69, 9.17) is 16.7 Å². The van der Waals surface area contributed by atoms with Gasteiger partial charge in [0.15, 0.2) is 0 Å². The third-order valence-electron chi connectivity index (χ3n) is 3.13. The summed E-state index contributed by atoms with van der Waals surface area (Å²) >= 11 is 5.91.